The molecule has 6 nitrogen and oxygen atoms in total. The molecule has 0 unspecified atom stereocenters. The van der Waals surface area contributed by atoms with Gasteiger partial charge in [-0.1, -0.05) is 23.3 Å². The van der Waals surface area contributed by atoms with E-state index in [0.717, 1.165) is 18.4 Å². The Morgan fingerprint density at radius 2 is 1.96 bits per heavy atom. The number of aromatic hydroxyl groups is 1. The summed E-state index contributed by atoms with van der Waals surface area (Å²) < 4.78 is 10.2. The van der Waals surface area contributed by atoms with Gasteiger partial charge < -0.3 is 19.4 Å². The van der Waals surface area contributed by atoms with Crippen LogP contribution >= 0.6 is 0 Å². The van der Waals surface area contributed by atoms with Gasteiger partial charge in [-0.15, -0.1) is 0 Å². The van der Waals surface area contributed by atoms with E-state index in [1.54, 1.807) is 0 Å². The summed E-state index contributed by atoms with van der Waals surface area (Å²) in [5.41, 5.74) is 2.30. The summed E-state index contributed by atoms with van der Waals surface area (Å²) in [7, 11) is 0. The van der Waals surface area contributed by atoms with E-state index in [1.165, 1.54) is 23.8 Å². The van der Waals surface area contributed by atoms with Gasteiger partial charge in [0.1, 0.15) is 17.9 Å². The van der Waals surface area contributed by atoms with Gasteiger partial charge in [-0.3, -0.25) is 0 Å². The molecule has 0 aliphatic carbocycles. The molecule has 0 aliphatic heterocycles. The minimum absolute atomic E-state index is 0.116. The Kier molecular flexibility index (Phi) is 7.58. The van der Waals surface area contributed by atoms with E-state index in [1.807, 2.05) is 26.8 Å². The Labute approximate surface area is 163 Å². The zero-order chi connectivity index (χ0) is 20.7. The second-order valence-corrected chi connectivity index (χ2v) is 6.86. The molecular weight excluding hydrogens is 360 g/mol. The number of carbonyl (C=O) groups is 1. The molecule has 6 heteroatoms. The second-order valence-electron chi connectivity index (χ2n) is 6.86. The lowest BCUT2D eigenvalue weighted by Gasteiger charge is -2.08. The molecule has 1 aromatic carbocycles. The summed E-state index contributed by atoms with van der Waals surface area (Å²) in [5.74, 6) is -0.825. The number of hydrogen-bond donors (Lipinski definition) is 2. The van der Waals surface area contributed by atoms with Crippen LogP contribution in [0.15, 0.2) is 50.7 Å². The first kappa shape index (κ1) is 21.4. The third-order valence-electron chi connectivity index (χ3n) is 4.28. The van der Waals surface area contributed by atoms with Gasteiger partial charge in [0, 0.05) is 6.42 Å². The molecule has 1 heterocycles. The number of rotatable bonds is 8. The molecule has 0 saturated carbocycles. The topological polar surface area (TPSA) is 97.0 Å². The van der Waals surface area contributed by atoms with Crippen molar-refractivity contribution in [3.05, 3.63) is 63.0 Å². The number of allylic oxidation sites excluding steroid dienone is 4. The highest BCUT2D eigenvalue weighted by Crippen LogP contribution is 2.28. The van der Waals surface area contributed by atoms with Crippen molar-refractivity contribution in [2.45, 2.75) is 40.0 Å². The number of fused-ring (bicyclic) bond motifs is 1. The van der Waals surface area contributed by atoms with Crippen molar-refractivity contribution in [3.63, 3.8) is 0 Å². The fourth-order valence-corrected chi connectivity index (χ4v) is 2.72. The number of esters is 1. The smallest absolute Gasteiger partial charge is 0.343 e. The second kappa shape index (κ2) is 9.90. The fraction of sp³-hybridized carbons (Fsp3) is 0.364. The van der Waals surface area contributed by atoms with Crippen LogP contribution in [0.2, 0.25) is 0 Å². The van der Waals surface area contributed by atoms with Gasteiger partial charge in [0.2, 0.25) is 0 Å². The van der Waals surface area contributed by atoms with Gasteiger partial charge >= 0.3 is 11.6 Å². The minimum Gasteiger partial charge on any atom is -0.507 e. The standard InChI is InChI=1S/C22H26O6/c1-14(2)5-4-6-15(3)7-9-17-20(24)18-13-16(21(25)27-12-11-23)8-10-19(18)28-22(17)26/h5,7-8,10,13,23-24H,4,6,9,11-12H2,1-3H3/b15-7+. The third kappa shape index (κ3) is 5.57. The predicted octanol–water partition coefficient (Wildman–Crippen LogP) is 3.88. The monoisotopic (exact) mass is 386 g/mol. The van der Waals surface area contributed by atoms with Crippen molar-refractivity contribution >= 4 is 16.9 Å². The van der Waals surface area contributed by atoms with Crippen LogP contribution in [-0.4, -0.2) is 29.4 Å². The number of aliphatic hydroxyl groups excluding tert-OH is 1. The lowest BCUT2D eigenvalue weighted by Crippen LogP contribution is -2.10. The van der Waals surface area contributed by atoms with Gasteiger partial charge in [0.15, 0.2) is 0 Å². The summed E-state index contributed by atoms with van der Waals surface area (Å²) in [4.78, 5) is 24.2. The minimum atomic E-state index is -0.627. The molecular formula is C22H26O6. The fourth-order valence-electron chi connectivity index (χ4n) is 2.72. The molecule has 0 aliphatic rings. The molecule has 0 fully saturated rings. The zero-order valence-electron chi connectivity index (χ0n) is 16.4. The molecule has 1 aromatic heterocycles. The maximum absolute atomic E-state index is 12.2. The number of hydrogen-bond acceptors (Lipinski definition) is 6. The molecule has 2 N–H and O–H groups in total. The molecule has 0 saturated heterocycles. The van der Waals surface area contributed by atoms with Gasteiger partial charge in [0.05, 0.1) is 23.1 Å². The van der Waals surface area contributed by atoms with E-state index >= 15 is 0 Å². The number of carbonyl (C=O) groups excluding carboxylic acids is 1. The van der Waals surface area contributed by atoms with Crippen molar-refractivity contribution in [3.8, 4) is 5.75 Å². The van der Waals surface area contributed by atoms with Crippen molar-refractivity contribution in [2.24, 2.45) is 0 Å². The molecule has 28 heavy (non-hydrogen) atoms. The van der Waals surface area contributed by atoms with Crippen LogP contribution in [-0.2, 0) is 11.2 Å². The van der Waals surface area contributed by atoms with Crippen LogP contribution in [0.4, 0.5) is 0 Å². The Morgan fingerprint density at radius 1 is 1.21 bits per heavy atom. The van der Waals surface area contributed by atoms with Crippen molar-refractivity contribution in [1.82, 2.24) is 0 Å². The third-order valence-corrected chi connectivity index (χ3v) is 4.28. The Balaban J connectivity index is 2.29. The summed E-state index contributed by atoms with van der Waals surface area (Å²) in [5, 5.41) is 19.6. The molecule has 0 bridgehead atoms. The van der Waals surface area contributed by atoms with E-state index < -0.39 is 11.6 Å². The van der Waals surface area contributed by atoms with Crippen molar-refractivity contribution in [1.29, 1.82) is 0 Å². The first-order valence-corrected chi connectivity index (χ1v) is 9.19. The highest BCUT2D eigenvalue weighted by atomic mass is 16.5. The van der Waals surface area contributed by atoms with Crippen molar-refractivity contribution < 1.29 is 24.2 Å². The predicted molar refractivity (Wildman–Crippen MR) is 108 cm³/mol. The van der Waals surface area contributed by atoms with Crippen LogP contribution in [0.1, 0.15) is 49.5 Å². The maximum atomic E-state index is 12.2. The summed E-state index contributed by atoms with van der Waals surface area (Å²) in [6.07, 6.45) is 6.07. The molecule has 2 aromatic rings. The average Bonchev–Trinajstić information content (AvgIpc) is 2.65. The summed E-state index contributed by atoms with van der Waals surface area (Å²) in [6.45, 7) is 5.68. The highest BCUT2D eigenvalue weighted by Gasteiger charge is 2.16. The maximum Gasteiger partial charge on any atom is 0.343 e. The van der Waals surface area contributed by atoms with E-state index in [4.69, 9.17) is 14.3 Å². The van der Waals surface area contributed by atoms with Gasteiger partial charge in [-0.25, -0.2) is 9.59 Å². The number of benzene rings is 1. The molecule has 0 atom stereocenters. The summed E-state index contributed by atoms with van der Waals surface area (Å²) >= 11 is 0. The van der Waals surface area contributed by atoms with Gasteiger partial charge in [0.25, 0.3) is 0 Å². The quantitative estimate of drug-likeness (QED) is 0.406. The van der Waals surface area contributed by atoms with Crippen LogP contribution in [0.5, 0.6) is 5.75 Å². The van der Waals surface area contributed by atoms with Gasteiger partial charge in [-0.05, 0) is 51.8 Å². The van der Waals surface area contributed by atoms with Gasteiger partial charge in [-0.2, -0.15) is 0 Å². The zero-order valence-corrected chi connectivity index (χ0v) is 16.4. The molecule has 0 amide bonds. The lowest BCUT2D eigenvalue weighted by atomic mass is 10.0. The first-order valence-electron chi connectivity index (χ1n) is 9.19. The van der Waals surface area contributed by atoms with E-state index in [2.05, 4.69) is 6.08 Å². The first-order chi connectivity index (χ1) is 13.3. The molecule has 2 rings (SSSR count). The Hall–Kier alpha value is -2.86. The van der Waals surface area contributed by atoms with Crippen LogP contribution in [0, 0.1) is 0 Å². The molecule has 150 valence electrons. The summed E-state index contributed by atoms with van der Waals surface area (Å²) in [6, 6.07) is 4.30. The number of ether oxygens (including phenoxy) is 1. The Morgan fingerprint density at radius 3 is 2.64 bits per heavy atom. The van der Waals surface area contributed by atoms with Crippen LogP contribution < -0.4 is 5.63 Å². The lowest BCUT2D eigenvalue weighted by molar-refractivity contribution is 0.0434. The van der Waals surface area contributed by atoms with E-state index in [9.17, 15) is 14.7 Å². The normalized spacial score (nSPS) is 11.5. The van der Waals surface area contributed by atoms with E-state index in [-0.39, 0.29) is 47.5 Å². The SMILES string of the molecule is CC(C)=CCC/C(C)=C/Cc1c(O)c2cc(C(=O)OCCO)ccc2oc1=O. The largest absolute Gasteiger partial charge is 0.507 e. The number of aliphatic hydroxyl groups is 1. The Bertz CT molecular complexity index is 961. The van der Waals surface area contributed by atoms with E-state index in [0.29, 0.717) is 0 Å². The highest BCUT2D eigenvalue weighted by molar-refractivity contribution is 5.96. The molecule has 0 spiro atoms. The van der Waals surface area contributed by atoms with Crippen LogP contribution in [0.25, 0.3) is 11.0 Å². The van der Waals surface area contributed by atoms with Crippen LogP contribution in [0.3, 0.4) is 0 Å². The molecule has 0 radical (unpaired) electrons. The average molecular weight is 386 g/mol. The van der Waals surface area contributed by atoms with Crippen molar-refractivity contribution in [2.75, 3.05) is 13.2 Å².